The fourth-order valence-electron chi connectivity index (χ4n) is 3.66. The lowest BCUT2D eigenvalue weighted by molar-refractivity contribution is 0.966. The first-order valence-electron chi connectivity index (χ1n) is 19.2. The number of anilines is 3. The van der Waals surface area contributed by atoms with E-state index in [1.165, 1.54) is 45.3 Å². The van der Waals surface area contributed by atoms with Crippen LogP contribution in [0, 0.1) is 73.2 Å². The molecule has 0 aliphatic rings. The lowest BCUT2D eigenvalue weighted by Crippen LogP contribution is -1.90. The van der Waals surface area contributed by atoms with Gasteiger partial charge in [0.05, 0.1) is 0 Å². The number of H-pyrrole nitrogens is 2. The van der Waals surface area contributed by atoms with Crippen molar-refractivity contribution in [2.75, 3.05) is 17.2 Å². The van der Waals surface area contributed by atoms with E-state index in [4.69, 9.17) is 29.4 Å². The Morgan fingerprint density at radius 2 is 0.913 bits per heavy atom. The molecule has 0 bridgehead atoms. The molecule has 8 N–H and O–H groups in total. The number of nitrogens with zero attached hydrogens (tertiary/aromatic N) is 16. The SMILES string of the molecule is C.CCc1nnc(C)s1.Cc1n[nH]c(=O)s1.Cc1n[nH]c(=S)s1.Cc1nnc(C)s1.Cc1nnc(C)s1.Cc1nnc(N)s1.Cc1nnc(N)s1.Cc1nncs1.Nc1nnc(-c2ccccc2)s1. The number of hydrogen-bond donors (Lipinski definition) is 5. The number of hydrogen-bond acceptors (Lipinski definition) is 30. The molecule has 10 rings (SSSR count). The smallest absolute Gasteiger partial charge is 0.322 e. The minimum atomic E-state index is -0.0856. The second kappa shape index (κ2) is 34.9. The Morgan fingerprint density at radius 3 is 1.12 bits per heavy atom. The average Bonchev–Trinajstić information content (AvgIpc) is 4.16. The molecule has 0 unspecified atom stereocenters. The van der Waals surface area contributed by atoms with Crippen molar-refractivity contribution in [1.82, 2.24) is 91.8 Å². The van der Waals surface area contributed by atoms with Crippen LogP contribution in [-0.2, 0) is 6.42 Å². The Labute approximate surface area is 440 Å². The fourth-order valence-corrected chi connectivity index (χ4v) is 8.69. The number of rotatable bonds is 2. The minimum absolute atomic E-state index is 0. The summed E-state index contributed by atoms with van der Waals surface area (Å²) in [5.74, 6) is 0. The van der Waals surface area contributed by atoms with Gasteiger partial charge in [-0.25, -0.2) is 5.10 Å². The van der Waals surface area contributed by atoms with Crippen LogP contribution in [0.4, 0.5) is 15.4 Å². The van der Waals surface area contributed by atoms with Crippen LogP contribution in [0.3, 0.4) is 0 Å². The third kappa shape index (κ3) is 30.0. The molecule has 0 amide bonds. The monoisotopic (exact) mass is 1130 g/mol. The standard InChI is InChI=1S/C8H7N3S.C5H8N2S.2C4H6N2S.2C3H5N3S.C3H4N2OS.C3H4N2S2.C3H4N2S.CH4/c9-8-11-10-7(12-8)6-4-2-1-3-5-6;1-3-5-7-6-4(2)8-5;2*1-3-5-6-4(2)7-3;2*1-2-5-6-3(4)7-2;2*1-2-4-5-3(6)7-2;1-3-5-4-2-6-3;/h1-5H,(H2,9,11);3H2,1-2H3;2*1-2H3;2*1H3,(H2,4,6);2*1H3,(H,5,6);2H,1H3;1H4. The van der Waals surface area contributed by atoms with Crippen molar-refractivity contribution in [1.29, 1.82) is 0 Å². The molecule has 1 aromatic carbocycles. The van der Waals surface area contributed by atoms with Gasteiger partial charge in [-0.15, -0.1) is 117 Å². The quantitative estimate of drug-likeness (QED) is 0.101. The summed E-state index contributed by atoms with van der Waals surface area (Å²) in [6, 6.07) is 9.87. The highest BCUT2D eigenvalue weighted by Gasteiger charge is 2.02. The summed E-state index contributed by atoms with van der Waals surface area (Å²) < 4.78 is 0.748. The highest BCUT2D eigenvalue weighted by atomic mass is 32.2. The first kappa shape index (κ1) is 61.7. The summed E-state index contributed by atoms with van der Waals surface area (Å²) in [7, 11) is 0. The van der Waals surface area contributed by atoms with Crippen LogP contribution in [0.25, 0.3) is 10.6 Å². The van der Waals surface area contributed by atoms with E-state index in [-0.39, 0.29) is 12.3 Å². The topological polar surface area (TPSA) is 333 Å². The summed E-state index contributed by atoms with van der Waals surface area (Å²) in [6.45, 7) is 21.2. The van der Waals surface area contributed by atoms with Gasteiger partial charge in [-0.2, -0.15) is 10.2 Å². The average molecular weight is 1130 g/mol. The lowest BCUT2D eigenvalue weighted by atomic mass is 10.2. The van der Waals surface area contributed by atoms with Crippen molar-refractivity contribution in [3.63, 3.8) is 0 Å². The van der Waals surface area contributed by atoms with Crippen LogP contribution in [0.2, 0.25) is 0 Å². The molecule has 69 heavy (non-hydrogen) atoms. The highest BCUT2D eigenvalue weighted by molar-refractivity contribution is 7.73. The van der Waals surface area contributed by atoms with E-state index in [1.54, 1.807) is 57.8 Å². The van der Waals surface area contributed by atoms with Gasteiger partial charge < -0.3 is 17.2 Å². The number of aromatic nitrogens is 18. The van der Waals surface area contributed by atoms with Crippen molar-refractivity contribution in [2.24, 2.45) is 0 Å². The molecule has 9 heterocycles. The predicted octanol–water partition coefficient (Wildman–Crippen LogP) is 9.50. The van der Waals surface area contributed by atoms with Crippen molar-refractivity contribution in [2.45, 2.75) is 90.0 Å². The van der Waals surface area contributed by atoms with Gasteiger partial charge >= 0.3 is 4.87 Å². The molecule has 32 heteroatoms. The Hall–Kier alpha value is -5.32. The second-order valence-electron chi connectivity index (χ2n) is 12.1. The fraction of sp³-hybridized carbons (Fsp3) is 0.351. The van der Waals surface area contributed by atoms with Crippen molar-refractivity contribution >= 4 is 130 Å². The molecule has 0 spiro atoms. The van der Waals surface area contributed by atoms with E-state index in [0.29, 0.717) is 15.4 Å². The zero-order chi connectivity index (χ0) is 50.4. The molecule has 9 aromatic heterocycles. The molecular weight excluding hydrogens is 1080 g/mol. The summed E-state index contributed by atoms with van der Waals surface area (Å²) in [4.78, 5) is 10.1. The first-order chi connectivity index (χ1) is 32.3. The summed E-state index contributed by atoms with van der Waals surface area (Å²) in [5.41, 5.74) is 18.7. The maximum atomic E-state index is 10.2. The van der Waals surface area contributed by atoms with Gasteiger partial charge in [0.25, 0.3) is 0 Å². The Morgan fingerprint density at radius 1 is 0.478 bits per heavy atom. The third-order valence-electron chi connectivity index (χ3n) is 6.23. The second-order valence-corrected chi connectivity index (χ2v) is 23.6. The molecule has 22 nitrogen and oxygen atoms in total. The molecule has 0 fully saturated rings. The first-order valence-corrected chi connectivity index (χ1v) is 27.0. The zero-order valence-electron chi connectivity index (χ0n) is 38.5. The van der Waals surface area contributed by atoms with Crippen LogP contribution in [0.5, 0.6) is 0 Å². The van der Waals surface area contributed by atoms with E-state index in [1.807, 2.05) is 92.6 Å². The normalized spacial score (nSPS) is 9.32. The predicted molar refractivity (Wildman–Crippen MR) is 292 cm³/mol. The van der Waals surface area contributed by atoms with Gasteiger partial charge in [0, 0.05) is 5.56 Å². The van der Waals surface area contributed by atoms with E-state index >= 15 is 0 Å². The maximum absolute atomic E-state index is 10.2. The molecule has 372 valence electrons. The Kier molecular flexibility index (Phi) is 31.2. The van der Waals surface area contributed by atoms with Gasteiger partial charge in [-0.1, -0.05) is 101 Å². The van der Waals surface area contributed by atoms with Gasteiger partial charge in [0.15, 0.2) is 3.95 Å². The Balaban J connectivity index is 0.000000390. The van der Waals surface area contributed by atoms with Gasteiger partial charge in [0.1, 0.15) is 65.6 Å². The number of nitrogens with one attached hydrogen (secondary N) is 2. The maximum Gasteiger partial charge on any atom is 0.322 e. The summed E-state index contributed by atoms with van der Waals surface area (Å²) >= 11 is 18.0. The molecule has 0 aliphatic heterocycles. The molecule has 0 aliphatic carbocycles. The molecular formula is C37H53N21OS10. The number of benzene rings is 1. The van der Waals surface area contributed by atoms with Crippen molar-refractivity contribution in [3.8, 4) is 10.6 Å². The third-order valence-corrected chi connectivity index (χ3v) is 13.1. The largest absolute Gasteiger partial charge is 0.374 e. The van der Waals surface area contributed by atoms with Crippen LogP contribution in [0.1, 0.15) is 69.4 Å². The number of aryl methyl sites for hydroxylation is 11. The number of nitrogen functional groups attached to an aromatic ring is 3. The van der Waals surface area contributed by atoms with E-state index in [0.717, 1.165) is 87.4 Å². The number of aromatic amines is 2. The van der Waals surface area contributed by atoms with Gasteiger partial charge in [0.2, 0.25) is 15.4 Å². The van der Waals surface area contributed by atoms with Crippen LogP contribution >= 0.6 is 114 Å². The van der Waals surface area contributed by atoms with Crippen molar-refractivity contribution in [3.05, 3.63) is 105 Å². The molecule has 0 atom stereocenters. The minimum Gasteiger partial charge on any atom is -0.374 e. The van der Waals surface area contributed by atoms with Crippen LogP contribution in [-0.4, -0.2) is 91.8 Å². The Bertz CT molecular complexity index is 2660. The highest BCUT2D eigenvalue weighted by Crippen LogP contribution is 2.23. The summed E-state index contributed by atoms with van der Waals surface area (Å²) in [5, 5.41) is 78.0. The van der Waals surface area contributed by atoms with Crippen molar-refractivity contribution < 1.29 is 0 Å². The molecule has 0 saturated heterocycles. The lowest BCUT2D eigenvalue weighted by Gasteiger charge is -1.90. The number of nitrogens with two attached hydrogens (primary N) is 3. The van der Waals surface area contributed by atoms with E-state index in [9.17, 15) is 4.79 Å². The van der Waals surface area contributed by atoms with Gasteiger partial charge in [-0.3, -0.25) is 9.89 Å². The van der Waals surface area contributed by atoms with E-state index < -0.39 is 0 Å². The summed E-state index contributed by atoms with van der Waals surface area (Å²) in [6.07, 6.45) is 1.01. The van der Waals surface area contributed by atoms with E-state index in [2.05, 4.69) is 98.7 Å². The molecule has 0 radical (unpaired) electrons. The zero-order valence-corrected chi connectivity index (χ0v) is 46.7. The molecule has 10 aromatic rings. The van der Waals surface area contributed by atoms with Crippen LogP contribution in [0.15, 0.2) is 40.6 Å². The van der Waals surface area contributed by atoms with Crippen LogP contribution < -0.4 is 22.1 Å². The van der Waals surface area contributed by atoms with Gasteiger partial charge in [-0.05, 0) is 87.9 Å². The molecule has 0 saturated carbocycles.